The summed E-state index contributed by atoms with van der Waals surface area (Å²) in [4.78, 5) is 12.5. The molecule has 1 heterocycles. The number of carbonyl (C=O) groups excluding carboxylic acids is 1. The first-order valence-electron chi connectivity index (χ1n) is 6.15. The van der Waals surface area contributed by atoms with Crippen LogP contribution in [0.5, 0.6) is 0 Å². The molecule has 1 amide bonds. The van der Waals surface area contributed by atoms with Gasteiger partial charge in [0.2, 0.25) is 0 Å². The average Bonchev–Trinajstić information content (AvgIpc) is 2.44. The van der Waals surface area contributed by atoms with Gasteiger partial charge in [-0.2, -0.15) is 0 Å². The predicted molar refractivity (Wildman–Crippen MR) is 73.9 cm³/mol. The second kappa shape index (κ2) is 6.06. The van der Waals surface area contributed by atoms with Gasteiger partial charge in [-0.1, -0.05) is 23.2 Å². The predicted octanol–water partition coefficient (Wildman–Crippen LogP) is 2.47. The first-order chi connectivity index (χ1) is 9.06. The Bertz CT molecular complexity index is 432. The molecule has 0 aromatic carbocycles. The van der Waals surface area contributed by atoms with E-state index in [9.17, 15) is 4.79 Å². The third-order valence-electron chi connectivity index (χ3n) is 3.63. The molecule has 0 bridgehead atoms. The van der Waals surface area contributed by atoms with Crippen molar-refractivity contribution in [1.29, 1.82) is 0 Å². The van der Waals surface area contributed by atoms with Crippen LogP contribution in [0.2, 0.25) is 0 Å². The number of amides is 1. The fourth-order valence-electron chi connectivity index (χ4n) is 2.58. The number of piperidine rings is 1. The molecule has 1 fully saturated rings. The van der Waals surface area contributed by atoms with Crippen LogP contribution >= 0.6 is 23.2 Å². The summed E-state index contributed by atoms with van der Waals surface area (Å²) >= 11 is 11.3. The third kappa shape index (κ3) is 3.00. The Labute approximate surface area is 122 Å². The van der Waals surface area contributed by atoms with E-state index in [1.165, 1.54) is 5.57 Å². The first-order valence-corrected chi connectivity index (χ1v) is 7.02. The van der Waals surface area contributed by atoms with Crippen LogP contribution in [0.15, 0.2) is 23.2 Å². The summed E-state index contributed by atoms with van der Waals surface area (Å²) in [5.74, 6) is 1.77. The molecular formula is C13H17Cl2NO3. The van der Waals surface area contributed by atoms with Gasteiger partial charge in [0.1, 0.15) is 5.76 Å². The molecule has 4 nitrogen and oxygen atoms in total. The van der Waals surface area contributed by atoms with Crippen molar-refractivity contribution in [3.63, 3.8) is 0 Å². The summed E-state index contributed by atoms with van der Waals surface area (Å²) in [6.45, 7) is 1.24. The Morgan fingerprint density at radius 2 is 2.16 bits per heavy atom. The van der Waals surface area contributed by atoms with Crippen LogP contribution in [-0.2, 0) is 14.3 Å². The minimum absolute atomic E-state index is 0.233. The highest BCUT2D eigenvalue weighted by Gasteiger charge is 2.32. The molecule has 6 heteroatoms. The SMILES string of the molecule is COC1=C(OC)CC2CCN(C(=O)C(Cl)Cl)CC2=C1. The molecule has 0 aromatic heterocycles. The van der Waals surface area contributed by atoms with Gasteiger partial charge < -0.3 is 14.4 Å². The number of hydrogen-bond acceptors (Lipinski definition) is 3. The Morgan fingerprint density at radius 1 is 1.42 bits per heavy atom. The zero-order chi connectivity index (χ0) is 14.0. The van der Waals surface area contributed by atoms with Crippen LogP contribution in [0.1, 0.15) is 12.8 Å². The maximum Gasteiger partial charge on any atom is 0.256 e. The van der Waals surface area contributed by atoms with Crippen molar-refractivity contribution in [3.8, 4) is 0 Å². The number of carbonyl (C=O) groups is 1. The lowest BCUT2D eigenvalue weighted by Crippen LogP contribution is -2.43. The maximum absolute atomic E-state index is 11.8. The van der Waals surface area contributed by atoms with Crippen molar-refractivity contribution >= 4 is 29.1 Å². The number of halogens is 2. The Balaban J connectivity index is 2.16. The van der Waals surface area contributed by atoms with Gasteiger partial charge in [-0.05, 0) is 24.0 Å². The Kier molecular flexibility index (Phi) is 4.63. The van der Waals surface area contributed by atoms with Crippen LogP contribution < -0.4 is 0 Å². The van der Waals surface area contributed by atoms with Crippen molar-refractivity contribution in [2.75, 3.05) is 27.3 Å². The molecule has 0 N–H and O–H groups in total. The van der Waals surface area contributed by atoms with E-state index in [1.54, 1.807) is 19.1 Å². The number of alkyl halides is 2. The van der Waals surface area contributed by atoms with Crippen LogP contribution in [0.25, 0.3) is 0 Å². The van der Waals surface area contributed by atoms with Gasteiger partial charge in [0.05, 0.1) is 14.2 Å². The highest BCUT2D eigenvalue weighted by atomic mass is 35.5. The van der Waals surface area contributed by atoms with E-state index in [0.717, 1.165) is 24.4 Å². The normalized spacial score (nSPS) is 23.1. The summed E-state index contributed by atoms with van der Waals surface area (Å²) in [5, 5.41) is 0. The van der Waals surface area contributed by atoms with Gasteiger partial charge in [0.15, 0.2) is 10.6 Å². The molecule has 0 saturated carbocycles. The minimum Gasteiger partial charge on any atom is -0.497 e. The summed E-state index contributed by atoms with van der Waals surface area (Å²) in [7, 11) is 3.27. The van der Waals surface area contributed by atoms with Crippen molar-refractivity contribution in [3.05, 3.63) is 23.2 Å². The molecule has 0 radical (unpaired) electrons. The van der Waals surface area contributed by atoms with Gasteiger partial charge in [0.25, 0.3) is 5.91 Å². The summed E-state index contributed by atoms with van der Waals surface area (Å²) < 4.78 is 10.7. The summed E-state index contributed by atoms with van der Waals surface area (Å²) in [5.41, 5.74) is 1.17. The molecule has 19 heavy (non-hydrogen) atoms. The minimum atomic E-state index is -0.993. The van der Waals surface area contributed by atoms with Gasteiger partial charge in [-0.3, -0.25) is 4.79 Å². The van der Waals surface area contributed by atoms with E-state index in [-0.39, 0.29) is 5.91 Å². The maximum atomic E-state index is 11.8. The molecule has 2 rings (SSSR count). The van der Waals surface area contributed by atoms with Crippen molar-refractivity contribution < 1.29 is 14.3 Å². The number of methoxy groups -OCH3 is 2. The van der Waals surface area contributed by atoms with Crippen molar-refractivity contribution in [2.24, 2.45) is 5.92 Å². The Morgan fingerprint density at radius 3 is 2.74 bits per heavy atom. The number of likely N-dealkylation sites (tertiary alicyclic amines) is 1. The number of ether oxygens (including phenoxy) is 2. The lowest BCUT2D eigenvalue weighted by molar-refractivity contribution is -0.129. The average molecular weight is 306 g/mol. The molecule has 1 aliphatic carbocycles. The van der Waals surface area contributed by atoms with Crippen LogP contribution in [0.4, 0.5) is 0 Å². The van der Waals surface area contributed by atoms with Crippen molar-refractivity contribution in [2.45, 2.75) is 17.7 Å². The zero-order valence-electron chi connectivity index (χ0n) is 11.0. The molecule has 1 saturated heterocycles. The monoisotopic (exact) mass is 305 g/mol. The van der Waals surface area contributed by atoms with Gasteiger partial charge in [-0.25, -0.2) is 0 Å². The second-order valence-corrected chi connectivity index (χ2v) is 5.76. The molecule has 2 aliphatic rings. The number of hydrogen-bond donors (Lipinski definition) is 0. The lowest BCUT2D eigenvalue weighted by atomic mass is 9.84. The summed E-state index contributed by atoms with van der Waals surface area (Å²) in [6, 6.07) is 0. The Hall–Kier alpha value is -0.870. The second-order valence-electron chi connectivity index (χ2n) is 4.67. The smallest absolute Gasteiger partial charge is 0.256 e. The van der Waals surface area contributed by atoms with Crippen molar-refractivity contribution in [1.82, 2.24) is 4.90 Å². The molecule has 1 atom stereocenters. The number of fused-ring (bicyclic) bond motifs is 1. The van der Waals surface area contributed by atoms with E-state index < -0.39 is 4.84 Å². The van der Waals surface area contributed by atoms with E-state index in [4.69, 9.17) is 32.7 Å². The molecule has 106 valence electrons. The number of allylic oxidation sites excluding steroid dienone is 2. The highest BCUT2D eigenvalue weighted by Crippen LogP contribution is 2.35. The number of rotatable bonds is 3. The quantitative estimate of drug-likeness (QED) is 0.752. The van der Waals surface area contributed by atoms with Crippen LogP contribution in [0.3, 0.4) is 0 Å². The summed E-state index contributed by atoms with van der Waals surface area (Å²) in [6.07, 6.45) is 3.67. The van der Waals surface area contributed by atoms with Gasteiger partial charge >= 0.3 is 0 Å². The number of nitrogens with zero attached hydrogens (tertiary/aromatic N) is 1. The van der Waals surface area contributed by atoms with Gasteiger partial charge in [-0.15, -0.1) is 0 Å². The third-order valence-corrected chi connectivity index (χ3v) is 4.01. The molecule has 1 aliphatic heterocycles. The van der Waals surface area contributed by atoms with Crippen LogP contribution in [-0.4, -0.2) is 43.0 Å². The molecule has 0 spiro atoms. The standard InChI is InChI=1S/C13H17Cl2NO3/c1-18-10-5-8-3-4-16(13(17)12(14)15)7-9(8)6-11(10)19-2/h6,8,12H,3-5,7H2,1-2H3. The lowest BCUT2D eigenvalue weighted by Gasteiger charge is -2.37. The molecular weight excluding hydrogens is 289 g/mol. The fourth-order valence-corrected chi connectivity index (χ4v) is 2.85. The molecule has 1 unspecified atom stereocenters. The van der Waals surface area contributed by atoms with Crippen LogP contribution in [0, 0.1) is 5.92 Å². The van der Waals surface area contributed by atoms with E-state index >= 15 is 0 Å². The highest BCUT2D eigenvalue weighted by molar-refractivity contribution is 6.53. The van der Waals surface area contributed by atoms with E-state index in [1.807, 2.05) is 6.08 Å². The van der Waals surface area contributed by atoms with Gasteiger partial charge in [0, 0.05) is 19.5 Å². The fraction of sp³-hybridized carbons (Fsp3) is 0.615. The zero-order valence-corrected chi connectivity index (χ0v) is 12.5. The van der Waals surface area contributed by atoms with E-state index in [0.29, 0.717) is 19.0 Å². The topological polar surface area (TPSA) is 38.8 Å². The first kappa shape index (κ1) is 14.5. The van der Waals surface area contributed by atoms with E-state index in [2.05, 4.69) is 0 Å². The molecule has 0 aromatic rings. The largest absolute Gasteiger partial charge is 0.497 e.